The maximum Gasteiger partial charge on any atom is 0.254 e. The maximum absolute atomic E-state index is 13.3. The van der Waals surface area contributed by atoms with Crippen molar-refractivity contribution in [3.05, 3.63) is 108 Å². The molecule has 4 aromatic carbocycles. The number of hydrogen-bond acceptors (Lipinski definition) is 6. The predicted molar refractivity (Wildman–Crippen MR) is 184 cm³/mol. The number of fused-ring (bicyclic) bond motifs is 4. The summed E-state index contributed by atoms with van der Waals surface area (Å²) in [6.07, 6.45) is 1.16. The summed E-state index contributed by atoms with van der Waals surface area (Å²) in [5.74, 6) is 0.857. The molecular weight excluding hydrogens is 593 g/mol. The maximum atomic E-state index is 13.3. The van der Waals surface area contributed by atoms with Crippen LogP contribution >= 0.6 is 11.8 Å². The molecule has 1 atom stereocenters. The second kappa shape index (κ2) is 12.9. The number of aromatic nitrogens is 4. The fraction of sp³-hybridized carbons (Fsp3) is 0.270. The average molecular weight is 629 g/mol. The Morgan fingerprint density at radius 1 is 0.891 bits per heavy atom. The number of thioether (sulfide) groups is 1. The van der Waals surface area contributed by atoms with Gasteiger partial charge in [0.1, 0.15) is 5.52 Å². The summed E-state index contributed by atoms with van der Waals surface area (Å²) in [4.78, 5) is 35.2. The van der Waals surface area contributed by atoms with Crippen LogP contribution < -0.4 is 0 Å². The molecular formula is C37H36N6O2S. The van der Waals surface area contributed by atoms with Gasteiger partial charge in [-0.05, 0) is 60.9 Å². The molecule has 3 heterocycles. The highest BCUT2D eigenvalue weighted by atomic mass is 32.2. The molecule has 232 valence electrons. The molecule has 1 saturated heterocycles. The number of aryl methyl sites for hydroxylation is 1. The highest BCUT2D eigenvalue weighted by molar-refractivity contribution is 7.99. The van der Waals surface area contributed by atoms with E-state index in [0.29, 0.717) is 55.5 Å². The second-order valence-electron chi connectivity index (χ2n) is 12.1. The molecule has 9 heteroatoms. The first kappa shape index (κ1) is 29.9. The van der Waals surface area contributed by atoms with Gasteiger partial charge in [-0.15, -0.1) is 10.2 Å². The first-order chi connectivity index (χ1) is 22.4. The van der Waals surface area contributed by atoms with Crippen LogP contribution in [0.1, 0.15) is 41.3 Å². The minimum Gasteiger partial charge on any atom is -0.339 e. The van der Waals surface area contributed by atoms with E-state index in [1.807, 2.05) is 65.3 Å². The van der Waals surface area contributed by atoms with Crippen LogP contribution in [0.3, 0.4) is 0 Å². The van der Waals surface area contributed by atoms with Crippen LogP contribution in [0, 0.1) is 6.92 Å². The number of benzene rings is 4. The largest absolute Gasteiger partial charge is 0.339 e. The van der Waals surface area contributed by atoms with Crippen molar-refractivity contribution < 1.29 is 9.59 Å². The lowest BCUT2D eigenvalue weighted by atomic mass is 10.0. The highest BCUT2D eigenvalue weighted by Crippen LogP contribution is 2.29. The van der Waals surface area contributed by atoms with Gasteiger partial charge < -0.3 is 14.4 Å². The van der Waals surface area contributed by atoms with Crippen molar-refractivity contribution in [2.24, 2.45) is 0 Å². The molecule has 2 aromatic heterocycles. The first-order valence-corrected chi connectivity index (χ1v) is 16.8. The molecule has 2 amide bonds. The van der Waals surface area contributed by atoms with Crippen LogP contribution in [-0.2, 0) is 11.3 Å². The summed E-state index contributed by atoms with van der Waals surface area (Å²) < 4.78 is 2.22. The third kappa shape index (κ3) is 6.07. The highest BCUT2D eigenvalue weighted by Gasteiger charge is 2.30. The van der Waals surface area contributed by atoms with E-state index in [9.17, 15) is 9.59 Å². The lowest BCUT2D eigenvalue weighted by Crippen LogP contribution is -2.55. The molecule has 1 aliphatic rings. The van der Waals surface area contributed by atoms with E-state index in [2.05, 4.69) is 64.2 Å². The molecule has 1 fully saturated rings. The van der Waals surface area contributed by atoms with E-state index in [0.717, 1.165) is 32.8 Å². The summed E-state index contributed by atoms with van der Waals surface area (Å²) in [6.45, 7) is 6.42. The normalized spacial score (nSPS) is 15.2. The smallest absolute Gasteiger partial charge is 0.254 e. The van der Waals surface area contributed by atoms with Crippen molar-refractivity contribution in [2.45, 2.75) is 44.4 Å². The van der Waals surface area contributed by atoms with E-state index < -0.39 is 0 Å². The van der Waals surface area contributed by atoms with Crippen LogP contribution in [0.25, 0.3) is 32.8 Å². The molecule has 7 rings (SSSR count). The second-order valence-corrected chi connectivity index (χ2v) is 13.1. The topological polar surface area (TPSA) is 84.2 Å². The Morgan fingerprint density at radius 2 is 1.70 bits per heavy atom. The minimum absolute atomic E-state index is 0.0188. The van der Waals surface area contributed by atoms with Gasteiger partial charge in [-0.25, -0.2) is 4.98 Å². The van der Waals surface area contributed by atoms with Crippen molar-refractivity contribution in [1.82, 2.24) is 29.5 Å². The van der Waals surface area contributed by atoms with Crippen molar-refractivity contribution in [1.29, 1.82) is 0 Å². The lowest BCUT2D eigenvalue weighted by Gasteiger charge is -2.40. The van der Waals surface area contributed by atoms with Gasteiger partial charge in [0.2, 0.25) is 11.1 Å². The molecule has 1 unspecified atom stereocenters. The van der Waals surface area contributed by atoms with Gasteiger partial charge in [-0.1, -0.05) is 84.1 Å². The van der Waals surface area contributed by atoms with E-state index >= 15 is 0 Å². The summed E-state index contributed by atoms with van der Waals surface area (Å²) in [6, 6.07) is 30.6. The molecule has 0 N–H and O–H groups in total. The van der Waals surface area contributed by atoms with E-state index in [1.165, 1.54) is 22.9 Å². The average Bonchev–Trinajstić information content (AvgIpc) is 3.37. The van der Waals surface area contributed by atoms with Crippen molar-refractivity contribution >= 4 is 56.4 Å². The fourth-order valence-corrected chi connectivity index (χ4v) is 7.08. The van der Waals surface area contributed by atoms with Gasteiger partial charge in [0.15, 0.2) is 5.65 Å². The Morgan fingerprint density at radius 3 is 2.52 bits per heavy atom. The van der Waals surface area contributed by atoms with Crippen molar-refractivity contribution in [3.8, 4) is 0 Å². The van der Waals surface area contributed by atoms with E-state index in [-0.39, 0.29) is 17.9 Å². The van der Waals surface area contributed by atoms with E-state index in [4.69, 9.17) is 4.98 Å². The molecule has 0 bridgehead atoms. The monoisotopic (exact) mass is 628 g/mol. The molecule has 0 saturated carbocycles. The van der Waals surface area contributed by atoms with Crippen LogP contribution in [-0.4, -0.2) is 72.8 Å². The third-order valence-electron chi connectivity index (χ3n) is 8.79. The molecule has 6 aromatic rings. The van der Waals surface area contributed by atoms with Crippen molar-refractivity contribution in [3.63, 3.8) is 0 Å². The van der Waals surface area contributed by atoms with Crippen LogP contribution in [0.4, 0.5) is 0 Å². The Balaban J connectivity index is 0.960. The number of carbonyl (C=O) groups excluding carboxylic acids is 2. The van der Waals surface area contributed by atoms with Gasteiger partial charge in [0.25, 0.3) is 5.91 Å². The zero-order valence-electron chi connectivity index (χ0n) is 26.1. The molecule has 0 aliphatic carbocycles. The number of piperazine rings is 1. The number of carbonyl (C=O) groups is 2. The van der Waals surface area contributed by atoms with Gasteiger partial charge in [0.05, 0.1) is 5.52 Å². The number of amides is 2. The van der Waals surface area contributed by atoms with Crippen molar-refractivity contribution in [2.75, 3.05) is 25.4 Å². The number of nitrogens with zero attached hydrogens (tertiary/aromatic N) is 6. The molecule has 8 nitrogen and oxygen atoms in total. The third-order valence-corrected chi connectivity index (χ3v) is 9.71. The fourth-order valence-electron chi connectivity index (χ4n) is 6.36. The summed E-state index contributed by atoms with van der Waals surface area (Å²) >= 11 is 1.53. The first-order valence-electron chi connectivity index (χ1n) is 15.8. The number of rotatable bonds is 8. The van der Waals surface area contributed by atoms with Gasteiger partial charge in [-0.2, -0.15) is 0 Å². The Bertz CT molecular complexity index is 2060. The Kier molecular flexibility index (Phi) is 8.41. The van der Waals surface area contributed by atoms with Gasteiger partial charge in [-0.3, -0.25) is 9.59 Å². The SMILES string of the molecule is Cc1ccc2c(c1)c1nnc(SCCCC(=O)N3CCN(C(=O)c4ccc5ccccc5c4)C(C)C3)nc1n2Cc1ccccc1. The standard InChI is InChI=1S/C37H36N6O2S/c1-25-14-17-32-31(21-25)34-35(43(32)24-27-9-4-3-5-10-27)38-37(40-39-34)46-20-8-13-33(44)41-18-19-42(26(2)23-41)36(45)30-16-15-28-11-6-7-12-29(28)22-30/h3-7,9-12,14-17,21-22,26H,8,13,18-20,23-24H2,1-2H3. The predicted octanol–water partition coefficient (Wildman–Crippen LogP) is 6.73. The van der Waals surface area contributed by atoms with Gasteiger partial charge in [0, 0.05) is 55.3 Å². The number of hydrogen-bond donors (Lipinski definition) is 0. The molecule has 0 radical (unpaired) electrons. The zero-order chi connectivity index (χ0) is 31.6. The Hall–Kier alpha value is -4.76. The summed E-state index contributed by atoms with van der Waals surface area (Å²) in [7, 11) is 0. The Labute approximate surface area is 272 Å². The van der Waals surface area contributed by atoms with Gasteiger partial charge >= 0.3 is 0 Å². The lowest BCUT2D eigenvalue weighted by molar-refractivity contribution is -0.133. The summed E-state index contributed by atoms with van der Waals surface area (Å²) in [5.41, 5.74) is 5.77. The van der Waals surface area contributed by atoms with E-state index in [1.54, 1.807) is 0 Å². The molecule has 0 spiro atoms. The molecule has 1 aliphatic heterocycles. The minimum atomic E-state index is -0.0522. The van der Waals surface area contributed by atoms with Crippen LogP contribution in [0.5, 0.6) is 0 Å². The molecule has 46 heavy (non-hydrogen) atoms. The zero-order valence-corrected chi connectivity index (χ0v) is 26.9. The van der Waals surface area contributed by atoms with Crippen LogP contribution in [0.2, 0.25) is 0 Å². The summed E-state index contributed by atoms with van der Waals surface area (Å²) in [5, 5.41) is 12.9. The quantitative estimate of drug-likeness (QED) is 0.137. The van der Waals surface area contributed by atoms with Crippen LogP contribution in [0.15, 0.2) is 96.2 Å².